The summed E-state index contributed by atoms with van der Waals surface area (Å²) in [5.74, 6) is -0.406. The molecular formula is C16H19N5O3. The molecule has 0 spiro atoms. The minimum Gasteiger partial charge on any atom is -0.271 e. The summed E-state index contributed by atoms with van der Waals surface area (Å²) in [6, 6.07) is 7.83. The van der Waals surface area contributed by atoms with Gasteiger partial charge in [-0.15, -0.1) is 0 Å². The van der Waals surface area contributed by atoms with Gasteiger partial charge in [-0.1, -0.05) is 31.2 Å². The largest absolute Gasteiger partial charge is 0.312 e. The zero-order chi connectivity index (χ0) is 17.7. The van der Waals surface area contributed by atoms with Crippen LogP contribution >= 0.6 is 0 Å². The number of nitrogens with one attached hydrogen (secondary N) is 1. The van der Waals surface area contributed by atoms with Crippen molar-refractivity contribution < 1.29 is 9.72 Å². The van der Waals surface area contributed by atoms with Crippen LogP contribution in [0.3, 0.4) is 0 Å². The summed E-state index contributed by atoms with van der Waals surface area (Å²) >= 11 is 0. The van der Waals surface area contributed by atoms with Gasteiger partial charge in [-0.05, 0) is 31.4 Å². The van der Waals surface area contributed by atoms with E-state index in [2.05, 4.69) is 22.5 Å². The Balaban J connectivity index is 1.97. The van der Waals surface area contributed by atoms with Gasteiger partial charge in [0.1, 0.15) is 17.9 Å². The molecule has 0 saturated carbocycles. The van der Waals surface area contributed by atoms with Crippen molar-refractivity contribution in [1.29, 1.82) is 0 Å². The van der Waals surface area contributed by atoms with E-state index in [4.69, 9.17) is 0 Å². The van der Waals surface area contributed by atoms with Crippen LogP contribution in [0.1, 0.15) is 29.4 Å². The van der Waals surface area contributed by atoms with Gasteiger partial charge in [0.15, 0.2) is 0 Å². The minimum absolute atomic E-state index is 0.0673. The molecule has 0 aliphatic rings. The number of rotatable bonds is 6. The summed E-state index contributed by atoms with van der Waals surface area (Å²) in [7, 11) is 0. The SMILES string of the molecule is CCc1ccc(/C=N/NC(=O)Cn2nc(C)c([N+](=O)[O-])c2C)cc1. The van der Waals surface area contributed by atoms with Gasteiger partial charge in [-0.3, -0.25) is 19.6 Å². The monoisotopic (exact) mass is 329 g/mol. The van der Waals surface area contributed by atoms with E-state index >= 15 is 0 Å². The van der Waals surface area contributed by atoms with Crippen molar-refractivity contribution in [2.24, 2.45) is 5.10 Å². The predicted octanol–water partition coefficient (Wildman–Crippen LogP) is 2.12. The van der Waals surface area contributed by atoms with Gasteiger partial charge in [0.05, 0.1) is 11.1 Å². The highest BCUT2D eigenvalue weighted by Gasteiger charge is 2.22. The van der Waals surface area contributed by atoms with Crippen LogP contribution < -0.4 is 5.43 Å². The Hall–Kier alpha value is -3.03. The first-order valence-corrected chi connectivity index (χ1v) is 7.51. The third kappa shape index (κ3) is 4.03. The van der Waals surface area contributed by atoms with Crippen LogP contribution in [-0.2, 0) is 17.8 Å². The molecule has 0 atom stereocenters. The molecule has 0 bridgehead atoms. The first kappa shape index (κ1) is 17.3. The number of nitrogens with zero attached hydrogens (tertiary/aromatic N) is 4. The maximum Gasteiger partial charge on any atom is 0.312 e. The zero-order valence-electron chi connectivity index (χ0n) is 13.8. The summed E-state index contributed by atoms with van der Waals surface area (Å²) in [6.45, 7) is 5.04. The fourth-order valence-electron chi connectivity index (χ4n) is 2.30. The number of carbonyl (C=O) groups excluding carboxylic acids is 1. The highest BCUT2D eigenvalue weighted by Crippen LogP contribution is 2.21. The third-order valence-corrected chi connectivity index (χ3v) is 3.61. The van der Waals surface area contributed by atoms with E-state index in [1.165, 1.54) is 17.2 Å². The molecule has 1 N–H and O–H groups in total. The molecule has 1 aromatic heterocycles. The maximum absolute atomic E-state index is 11.9. The molecule has 0 radical (unpaired) electrons. The number of hydrogen-bond acceptors (Lipinski definition) is 5. The normalized spacial score (nSPS) is 11.0. The summed E-state index contributed by atoms with van der Waals surface area (Å²) in [6.07, 6.45) is 2.50. The molecule has 0 saturated heterocycles. The van der Waals surface area contributed by atoms with Crippen molar-refractivity contribution in [2.75, 3.05) is 0 Å². The molecule has 24 heavy (non-hydrogen) atoms. The second kappa shape index (κ2) is 7.49. The Kier molecular flexibility index (Phi) is 5.41. The van der Waals surface area contributed by atoms with Crippen LogP contribution in [0.2, 0.25) is 0 Å². The van der Waals surface area contributed by atoms with Crippen LogP contribution in [0.5, 0.6) is 0 Å². The Labute approximate surface area is 139 Å². The van der Waals surface area contributed by atoms with E-state index in [0.717, 1.165) is 12.0 Å². The van der Waals surface area contributed by atoms with Crippen molar-refractivity contribution in [3.8, 4) is 0 Å². The lowest BCUT2D eigenvalue weighted by Gasteiger charge is -2.02. The molecule has 1 heterocycles. The van der Waals surface area contributed by atoms with Gasteiger partial charge in [-0.2, -0.15) is 10.2 Å². The number of nitro groups is 1. The quantitative estimate of drug-likeness (QED) is 0.498. The molecule has 0 unspecified atom stereocenters. The van der Waals surface area contributed by atoms with Crippen molar-refractivity contribution in [3.05, 3.63) is 56.9 Å². The molecule has 1 aromatic carbocycles. The van der Waals surface area contributed by atoms with Crippen LogP contribution in [0.15, 0.2) is 29.4 Å². The molecule has 2 rings (SSSR count). The second-order valence-corrected chi connectivity index (χ2v) is 5.32. The lowest BCUT2D eigenvalue weighted by molar-refractivity contribution is -0.386. The third-order valence-electron chi connectivity index (χ3n) is 3.61. The van der Waals surface area contributed by atoms with Crippen molar-refractivity contribution >= 4 is 17.8 Å². The van der Waals surface area contributed by atoms with E-state index in [0.29, 0.717) is 5.69 Å². The molecule has 2 aromatic rings. The predicted molar refractivity (Wildman–Crippen MR) is 89.9 cm³/mol. The van der Waals surface area contributed by atoms with Gasteiger partial charge in [0.25, 0.3) is 5.91 Å². The summed E-state index contributed by atoms with van der Waals surface area (Å²) in [5.41, 5.74) is 5.04. The molecular weight excluding hydrogens is 310 g/mol. The molecule has 0 aliphatic heterocycles. The number of benzene rings is 1. The van der Waals surface area contributed by atoms with Crippen molar-refractivity contribution in [1.82, 2.24) is 15.2 Å². The Morgan fingerprint density at radius 1 is 1.38 bits per heavy atom. The average molecular weight is 329 g/mol. The highest BCUT2D eigenvalue weighted by atomic mass is 16.6. The van der Waals surface area contributed by atoms with Crippen LogP contribution in [0.4, 0.5) is 5.69 Å². The van der Waals surface area contributed by atoms with Crippen molar-refractivity contribution in [3.63, 3.8) is 0 Å². The summed E-state index contributed by atoms with van der Waals surface area (Å²) in [5, 5.41) is 18.9. The first-order chi connectivity index (χ1) is 11.4. The summed E-state index contributed by atoms with van der Waals surface area (Å²) < 4.78 is 1.30. The van der Waals surface area contributed by atoms with Gasteiger partial charge in [0.2, 0.25) is 0 Å². The lowest BCUT2D eigenvalue weighted by atomic mass is 10.1. The zero-order valence-corrected chi connectivity index (χ0v) is 13.8. The van der Waals surface area contributed by atoms with E-state index in [9.17, 15) is 14.9 Å². The maximum atomic E-state index is 11.9. The Bertz CT molecular complexity index is 778. The molecule has 8 nitrogen and oxygen atoms in total. The number of aromatic nitrogens is 2. The Morgan fingerprint density at radius 3 is 2.58 bits per heavy atom. The molecule has 8 heteroatoms. The summed E-state index contributed by atoms with van der Waals surface area (Å²) in [4.78, 5) is 22.3. The Morgan fingerprint density at radius 2 is 2.04 bits per heavy atom. The van der Waals surface area contributed by atoms with Crippen LogP contribution in [0, 0.1) is 24.0 Å². The lowest BCUT2D eigenvalue weighted by Crippen LogP contribution is -2.24. The fourth-order valence-corrected chi connectivity index (χ4v) is 2.30. The van der Waals surface area contributed by atoms with E-state index < -0.39 is 10.8 Å². The topological polar surface area (TPSA) is 102 Å². The van der Waals surface area contributed by atoms with Crippen LogP contribution in [-0.4, -0.2) is 26.8 Å². The van der Waals surface area contributed by atoms with Gasteiger partial charge < -0.3 is 0 Å². The molecule has 1 amide bonds. The number of aryl methyl sites for hydroxylation is 2. The van der Waals surface area contributed by atoms with Crippen molar-refractivity contribution in [2.45, 2.75) is 33.7 Å². The minimum atomic E-state index is -0.496. The average Bonchev–Trinajstić information content (AvgIpc) is 2.82. The van der Waals surface area contributed by atoms with E-state index in [-0.39, 0.29) is 17.9 Å². The standard InChI is InChI=1S/C16H19N5O3/c1-4-13-5-7-14(8-6-13)9-17-18-15(22)10-20-12(3)16(21(23)24)11(2)19-20/h5-9H,4,10H2,1-3H3,(H,18,22)/b17-9+. The molecule has 126 valence electrons. The fraction of sp³-hybridized carbons (Fsp3) is 0.312. The first-order valence-electron chi connectivity index (χ1n) is 7.51. The number of hydrazone groups is 1. The number of amides is 1. The van der Waals surface area contributed by atoms with E-state index in [1.54, 1.807) is 13.1 Å². The van der Waals surface area contributed by atoms with Gasteiger partial charge >= 0.3 is 5.69 Å². The van der Waals surface area contributed by atoms with Gasteiger partial charge in [0, 0.05) is 0 Å². The second-order valence-electron chi connectivity index (χ2n) is 5.32. The number of carbonyl (C=O) groups is 1. The molecule has 0 fully saturated rings. The smallest absolute Gasteiger partial charge is 0.271 e. The van der Waals surface area contributed by atoms with Crippen LogP contribution in [0.25, 0.3) is 0 Å². The highest BCUT2D eigenvalue weighted by molar-refractivity contribution is 5.82. The van der Waals surface area contributed by atoms with Gasteiger partial charge in [-0.25, -0.2) is 5.43 Å². The molecule has 0 aliphatic carbocycles. The van der Waals surface area contributed by atoms with E-state index in [1.807, 2.05) is 24.3 Å². The number of hydrogen-bond donors (Lipinski definition) is 1.